The lowest BCUT2D eigenvalue weighted by Gasteiger charge is -2.24. The summed E-state index contributed by atoms with van der Waals surface area (Å²) in [6, 6.07) is 0. The van der Waals surface area contributed by atoms with Gasteiger partial charge in [-0.05, 0) is 19.1 Å². The largest absolute Gasteiger partial charge is 0.374 e. The van der Waals surface area contributed by atoms with Crippen LogP contribution in [0.25, 0.3) is 0 Å². The van der Waals surface area contributed by atoms with E-state index in [2.05, 4.69) is 0 Å². The lowest BCUT2D eigenvalue weighted by Crippen LogP contribution is -2.25. The first-order valence-electron chi connectivity index (χ1n) is 3.66. The predicted octanol–water partition coefficient (Wildman–Crippen LogP) is 1.51. The topological polar surface area (TPSA) is 52.4 Å². The van der Waals surface area contributed by atoms with E-state index in [0.29, 0.717) is 6.42 Å². The number of allylic oxidation sites excluding steroid dienone is 1. The van der Waals surface area contributed by atoms with Gasteiger partial charge in [0.25, 0.3) is 5.70 Å². The van der Waals surface area contributed by atoms with Crippen molar-refractivity contribution in [2.45, 2.75) is 18.9 Å². The zero-order chi connectivity index (χ0) is 9.19. The summed E-state index contributed by atoms with van der Waals surface area (Å²) < 4.78 is 5.15. The zero-order valence-corrected chi connectivity index (χ0v) is 7.11. The molecule has 12 heavy (non-hydrogen) atoms. The van der Waals surface area contributed by atoms with E-state index in [0.717, 1.165) is 0 Å². The van der Waals surface area contributed by atoms with Gasteiger partial charge in [0.15, 0.2) is 0 Å². The van der Waals surface area contributed by atoms with Crippen molar-refractivity contribution in [2.24, 2.45) is 0 Å². The molecule has 0 fully saturated rings. The van der Waals surface area contributed by atoms with Gasteiger partial charge in [0.1, 0.15) is 0 Å². The first-order valence-corrected chi connectivity index (χ1v) is 3.66. The Labute approximate surface area is 70.7 Å². The average Bonchev–Trinajstić information content (AvgIpc) is 2.05. The van der Waals surface area contributed by atoms with Gasteiger partial charge in [-0.3, -0.25) is 10.1 Å². The van der Waals surface area contributed by atoms with Gasteiger partial charge in [-0.15, -0.1) is 0 Å². The minimum Gasteiger partial charge on any atom is -0.374 e. The van der Waals surface area contributed by atoms with Gasteiger partial charge in [0.2, 0.25) is 0 Å². The molecule has 0 saturated carbocycles. The fraction of sp³-hybridized carbons (Fsp3) is 0.500. The molecule has 0 N–H and O–H groups in total. The van der Waals surface area contributed by atoms with Crippen LogP contribution in [-0.4, -0.2) is 17.6 Å². The highest BCUT2D eigenvalue weighted by Gasteiger charge is 2.24. The van der Waals surface area contributed by atoms with Crippen LogP contribution in [0.15, 0.2) is 23.9 Å². The van der Waals surface area contributed by atoms with Crippen LogP contribution >= 0.6 is 0 Å². The molecule has 1 unspecified atom stereocenters. The molecule has 4 heteroatoms. The van der Waals surface area contributed by atoms with Crippen molar-refractivity contribution in [3.63, 3.8) is 0 Å². The molecule has 1 aliphatic rings. The molecule has 0 radical (unpaired) electrons. The summed E-state index contributed by atoms with van der Waals surface area (Å²) in [5.41, 5.74) is -0.232. The number of hydrogen-bond acceptors (Lipinski definition) is 3. The van der Waals surface area contributed by atoms with Crippen molar-refractivity contribution >= 4 is 0 Å². The quantitative estimate of drug-likeness (QED) is 0.465. The number of nitro groups is 1. The van der Waals surface area contributed by atoms with Crippen molar-refractivity contribution in [3.05, 3.63) is 34.0 Å². The maximum atomic E-state index is 10.3. The summed E-state index contributed by atoms with van der Waals surface area (Å²) in [5.74, 6) is 0. The molecule has 0 spiro atoms. The van der Waals surface area contributed by atoms with Crippen LogP contribution in [0.5, 0.6) is 0 Å². The van der Waals surface area contributed by atoms with Crippen molar-refractivity contribution in [3.8, 4) is 0 Å². The van der Waals surface area contributed by atoms with Crippen LogP contribution in [-0.2, 0) is 4.74 Å². The number of hydrogen-bond donors (Lipinski definition) is 0. The van der Waals surface area contributed by atoms with E-state index in [9.17, 15) is 10.1 Å². The number of nitrogens with zero attached hydrogens (tertiary/aromatic N) is 1. The summed E-state index contributed by atoms with van der Waals surface area (Å²) >= 11 is 0. The van der Waals surface area contributed by atoms with Crippen molar-refractivity contribution in [1.29, 1.82) is 0 Å². The second-order valence-electron chi connectivity index (χ2n) is 2.94. The smallest absolute Gasteiger partial charge is 0.265 e. The molecule has 4 nitrogen and oxygen atoms in total. The third kappa shape index (κ3) is 1.71. The third-order valence-electron chi connectivity index (χ3n) is 2.00. The van der Waals surface area contributed by atoms with Crippen LogP contribution in [0.4, 0.5) is 0 Å². The molecule has 0 amide bonds. The highest BCUT2D eigenvalue weighted by molar-refractivity contribution is 5.22. The molecular weight excluding hydrogens is 158 g/mol. The Morgan fingerprint density at radius 2 is 2.42 bits per heavy atom. The predicted molar refractivity (Wildman–Crippen MR) is 44.2 cm³/mol. The Morgan fingerprint density at radius 1 is 1.75 bits per heavy atom. The molecule has 1 rings (SSSR count). The molecule has 0 saturated heterocycles. The van der Waals surface area contributed by atoms with E-state index in [1.165, 1.54) is 6.08 Å². The number of rotatable bonds is 2. The van der Waals surface area contributed by atoms with E-state index in [4.69, 9.17) is 4.74 Å². The van der Waals surface area contributed by atoms with Crippen LogP contribution in [0, 0.1) is 10.1 Å². The van der Waals surface area contributed by atoms with Crippen molar-refractivity contribution in [1.82, 2.24) is 0 Å². The molecule has 0 heterocycles. The van der Waals surface area contributed by atoms with Crippen molar-refractivity contribution < 1.29 is 9.66 Å². The summed E-state index contributed by atoms with van der Waals surface area (Å²) in [4.78, 5) is 9.90. The van der Waals surface area contributed by atoms with E-state index in [1.807, 2.05) is 6.92 Å². The lowest BCUT2D eigenvalue weighted by atomic mass is 9.96. The third-order valence-corrected chi connectivity index (χ3v) is 2.00. The Balaban J connectivity index is 2.74. The minimum absolute atomic E-state index is 0.143. The Morgan fingerprint density at radius 3 is 2.75 bits per heavy atom. The maximum absolute atomic E-state index is 10.3. The first kappa shape index (κ1) is 8.93. The van der Waals surface area contributed by atoms with Gasteiger partial charge < -0.3 is 4.74 Å². The Hall–Kier alpha value is -1.16. The Kier molecular flexibility index (Phi) is 2.28. The Bertz CT molecular complexity index is 257. The summed E-state index contributed by atoms with van der Waals surface area (Å²) in [6.45, 7) is 1.89. The van der Waals surface area contributed by atoms with E-state index >= 15 is 0 Å². The number of ether oxygens (including phenoxy) is 1. The van der Waals surface area contributed by atoms with E-state index < -0.39 is 4.92 Å². The lowest BCUT2D eigenvalue weighted by molar-refractivity contribution is -0.419. The highest BCUT2D eigenvalue weighted by Crippen LogP contribution is 2.23. The zero-order valence-electron chi connectivity index (χ0n) is 7.11. The molecule has 1 atom stereocenters. The normalized spacial score (nSPS) is 28.3. The van der Waals surface area contributed by atoms with Crippen LogP contribution < -0.4 is 0 Å². The summed E-state index contributed by atoms with van der Waals surface area (Å²) in [6.07, 6.45) is 5.32. The summed E-state index contributed by atoms with van der Waals surface area (Å²) in [7, 11) is 1.59. The van der Waals surface area contributed by atoms with E-state index in [1.54, 1.807) is 19.3 Å². The standard InChI is InChI=1S/C8H11NO3/c1-8(12-2)5-3-7(4-6-8)9(10)11/h3-5H,6H2,1-2H3. The maximum Gasteiger partial charge on any atom is 0.265 e. The van der Waals surface area contributed by atoms with Crippen LogP contribution in [0.1, 0.15) is 13.3 Å². The molecule has 0 aliphatic heterocycles. The van der Waals surface area contributed by atoms with Gasteiger partial charge >= 0.3 is 0 Å². The fourth-order valence-electron chi connectivity index (χ4n) is 0.992. The SMILES string of the molecule is COC1(C)C=CC([N+](=O)[O-])=CC1. The second kappa shape index (κ2) is 3.06. The molecule has 66 valence electrons. The fourth-order valence-corrected chi connectivity index (χ4v) is 0.992. The molecule has 0 aromatic carbocycles. The molecule has 0 aromatic heterocycles. The van der Waals surface area contributed by atoms with Gasteiger partial charge in [-0.1, -0.05) is 0 Å². The molecule has 0 aromatic rings. The molecule has 0 bridgehead atoms. The van der Waals surface area contributed by atoms with Gasteiger partial charge in [0.05, 0.1) is 10.5 Å². The second-order valence-corrected chi connectivity index (χ2v) is 2.94. The average molecular weight is 169 g/mol. The monoisotopic (exact) mass is 169 g/mol. The molecular formula is C8H11NO3. The highest BCUT2D eigenvalue weighted by atomic mass is 16.6. The van der Waals surface area contributed by atoms with E-state index in [-0.39, 0.29) is 11.3 Å². The van der Waals surface area contributed by atoms with Crippen LogP contribution in [0.2, 0.25) is 0 Å². The minimum atomic E-state index is -0.397. The molecule has 1 aliphatic carbocycles. The van der Waals surface area contributed by atoms with Crippen molar-refractivity contribution in [2.75, 3.05) is 7.11 Å². The van der Waals surface area contributed by atoms with Gasteiger partial charge in [-0.25, -0.2) is 0 Å². The van der Waals surface area contributed by atoms with Crippen LogP contribution in [0.3, 0.4) is 0 Å². The number of methoxy groups -OCH3 is 1. The summed E-state index contributed by atoms with van der Waals surface area (Å²) in [5, 5.41) is 10.3. The van der Waals surface area contributed by atoms with Gasteiger partial charge in [0, 0.05) is 19.6 Å². The van der Waals surface area contributed by atoms with Gasteiger partial charge in [-0.2, -0.15) is 0 Å². The first-order chi connectivity index (χ1) is 5.57.